The molecule has 0 atom stereocenters. The predicted octanol–water partition coefficient (Wildman–Crippen LogP) is 4.02. The van der Waals surface area contributed by atoms with Gasteiger partial charge >= 0.3 is 0 Å². The van der Waals surface area contributed by atoms with Crippen molar-refractivity contribution in [1.29, 1.82) is 0 Å². The number of benzene rings is 1. The molecule has 26 heavy (non-hydrogen) atoms. The van der Waals surface area contributed by atoms with Crippen LogP contribution < -0.4 is 4.90 Å². The first-order valence-corrected chi connectivity index (χ1v) is 8.35. The number of hydrogen-bond acceptors (Lipinski definition) is 4. The number of hydrogen-bond donors (Lipinski definition) is 0. The van der Waals surface area contributed by atoms with Crippen LogP contribution in [0.1, 0.15) is 24.2 Å². The maximum atomic E-state index is 13.3. The van der Waals surface area contributed by atoms with Crippen molar-refractivity contribution in [3.05, 3.63) is 75.4 Å². The zero-order valence-corrected chi connectivity index (χ0v) is 14.4. The Kier molecular flexibility index (Phi) is 5.28. The number of anilines is 1. The van der Waals surface area contributed by atoms with Crippen LogP contribution in [0.4, 0.5) is 15.8 Å². The van der Waals surface area contributed by atoms with Gasteiger partial charge in [0.25, 0.3) is 5.69 Å². The highest BCUT2D eigenvalue weighted by Gasteiger charge is 2.22. The Balaban J connectivity index is 1.68. The van der Waals surface area contributed by atoms with Gasteiger partial charge in [-0.2, -0.15) is 0 Å². The van der Waals surface area contributed by atoms with E-state index in [0.717, 1.165) is 30.3 Å². The molecule has 6 heteroatoms. The van der Waals surface area contributed by atoms with E-state index in [1.54, 1.807) is 0 Å². The maximum absolute atomic E-state index is 13.3. The normalized spacial score (nSPS) is 13.8. The number of rotatable bonds is 2. The van der Waals surface area contributed by atoms with Crippen molar-refractivity contribution in [3.63, 3.8) is 0 Å². The quantitative estimate of drug-likeness (QED) is 0.466. The number of piperidine rings is 1. The molecule has 1 saturated heterocycles. The topological polar surface area (TPSA) is 59.3 Å². The fourth-order valence-corrected chi connectivity index (χ4v) is 2.91. The van der Waals surface area contributed by atoms with Gasteiger partial charge in [-0.3, -0.25) is 10.1 Å². The lowest BCUT2D eigenvalue weighted by Gasteiger charge is -2.29. The Labute approximate surface area is 151 Å². The molecule has 0 bridgehead atoms. The smallest absolute Gasteiger partial charge is 0.295 e. The van der Waals surface area contributed by atoms with E-state index in [0.29, 0.717) is 18.8 Å². The standard InChI is InChI=1S/C20H18FN3O2/c1-15-4-2-6-18(22-15)7-3-5-16-10-12-23(13-11-16)19-9-8-17(21)14-20(19)24(25)26/h2,4-6,8-9,14H,10-13H2,1H3. The third-order valence-corrected chi connectivity index (χ3v) is 4.25. The number of aryl methyl sites for hydroxylation is 1. The van der Waals surface area contributed by atoms with Gasteiger partial charge in [0.2, 0.25) is 0 Å². The first-order chi connectivity index (χ1) is 12.5. The van der Waals surface area contributed by atoms with Crippen LogP contribution in [-0.4, -0.2) is 23.0 Å². The molecule has 0 unspecified atom stereocenters. The van der Waals surface area contributed by atoms with Gasteiger partial charge in [0.15, 0.2) is 0 Å². The number of nitrogens with zero attached hydrogens (tertiary/aromatic N) is 3. The molecule has 0 saturated carbocycles. The summed E-state index contributed by atoms with van der Waals surface area (Å²) in [5, 5.41) is 11.2. The third-order valence-electron chi connectivity index (χ3n) is 4.25. The van der Waals surface area contributed by atoms with Gasteiger partial charge in [0, 0.05) is 18.8 Å². The SMILES string of the molecule is Cc1cccc(C#CC=C2CCN(c3ccc(F)cc3[N+](=O)[O-])CC2)n1. The molecule has 1 aromatic heterocycles. The average Bonchev–Trinajstić information content (AvgIpc) is 2.62. The molecular weight excluding hydrogens is 333 g/mol. The first kappa shape index (κ1) is 17.6. The van der Waals surface area contributed by atoms with Crippen molar-refractivity contribution in [2.75, 3.05) is 18.0 Å². The van der Waals surface area contributed by atoms with Gasteiger partial charge < -0.3 is 4.90 Å². The Morgan fingerprint density at radius 3 is 2.73 bits per heavy atom. The van der Waals surface area contributed by atoms with Crippen LogP contribution in [0.2, 0.25) is 0 Å². The summed E-state index contributed by atoms with van der Waals surface area (Å²) >= 11 is 0. The van der Waals surface area contributed by atoms with Gasteiger partial charge in [0.1, 0.15) is 17.2 Å². The van der Waals surface area contributed by atoms with Gasteiger partial charge in [-0.1, -0.05) is 17.6 Å². The minimum Gasteiger partial charge on any atom is -0.365 e. The molecule has 0 aliphatic carbocycles. The second-order valence-corrected chi connectivity index (χ2v) is 6.11. The van der Waals surface area contributed by atoms with E-state index in [2.05, 4.69) is 16.8 Å². The molecule has 2 aromatic rings. The van der Waals surface area contributed by atoms with Crippen molar-refractivity contribution in [1.82, 2.24) is 4.98 Å². The van der Waals surface area contributed by atoms with Crippen LogP contribution >= 0.6 is 0 Å². The lowest BCUT2D eigenvalue weighted by atomic mass is 10.0. The third kappa shape index (κ3) is 4.25. The van der Waals surface area contributed by atoms with Crippen LogP contribution in [-0.2, 0) is 0 Å². The Morgan fingerprint density at radius 2 is 2.04 bits per heavy atom. The fraction of sp³-hybridized carbons (Fsp3) is 0.250. The Morgan fingerprint density at radius 1 is 1.27 bits per heavy atom. The summed E-state index contributed by atoms with van der Waals surface area (Å²) in [5.74, 6) is 5.46. The van der Waals surface area contributed by atoms with Gasteiger partial charge in [-0.15, -0.1) is 0 Å². The van der Waals surface area contributed by atoms with Gasteiger partial charge in [0.05, 0.1) is 11.0 Å². The zero-order chi connectivity index (χ0) is 18.5. The number of allylic oxidation sites excluding steroid dienone is 1. The maximum Gasteiger partial charge on any atom is 0.295 e. The van der Waals surface area contributed by atoms with E-state index in [4.69, 9.17) is 0 Å². The van der Waals surface area contributed by atoms with Crippen molar-refractivity contribution in [2.45, 2.75) is 19.8 Å². The van der Waals surface area contributed by atoms with Crippen molar-refractivity contribution < 1.29 is 9.31 Å². The summed E-state index contributed by atoms with van der Waals surface area (Å²) in [7, 11) is 0. The minimum atomic E-state index is -0.599. The highest BCUT2D eigenvalue weighted by molar-refractivity contribution is 5.63. The van der Waals surface area contributed by atoms with E-state index in [1.165, 1.54) is 17.7 Å². The Bertz CT molecular complexity index is 918. The van der Waals surface area contributed by atoms with Gasteiger partial charge in [-0.25, -0.2) is 9.37 Å². The molecule has 3 rings (SSSR count). The molecule has 1 fully saturated rings. The predicted molar refractivity (Wildman–Crippen MR) is 98.4 cm³/mol. The molecule has 1 aromatic carbocycles. The lowest BCUT2D eigenvalue weighted by molar-refractivity contribution is -0.384. The molecule has 0 N–H and O–H groups in total. The van der Waals surface area contributed by atoms with Crippen LogP contribution in [0.25, 0.3) is 0 Å². The molecule has 132 valence electrons. The van der Waals surface area contributed by atoms with Crippen LogP contribution in [0.5, 0.6) is 0 Å². The highest BCUT2D eigenvalue weighted by atomic mass is 19.1. The lowest BCUT2D eigenvalue weighted by Crippen LogP contribution is -2.31. The summed E-state index contributed by atoms with van der Waals surface area (Å²) in [5.41, 5.74) is 3.14. The summed E-state index contributed by atoms with van der Waals surface area (Å²) in [4.78, 5) is 16.9. The molecule has 5 nitrogen and oxygen atoms in total. The van der Waals surface area contributed by atoms with Crippen LogP contribution in [0.3, 0.4) is 0 Å². The molecule has 0 radical (unpaired) electrons. The zero-order valence-electron chi connectivity index (χ0n) is 14.4. The monoisotopic (exact) mass is 351 g/mol. The number of nitro groups is 1. The van der Waals surface area contributed by atoms with Crippen molar-refractivity contribution in [2.24, 2.45) is 0 Å². The molecule has 0 spiro atoms. The van der Waals surface area contributed by atoms with E-state index in [-0.39, 0.29) is 5.69 Å². The molecule has 2 heterocycles. The summed E-state index contributed by atoms with van der Waals surface area (Å²) in [6, 6.07) is 9.43. The summed E-state index contributed by atoms with van der Waals surface area (Å²) < 4.78 is 13.3. The first-order valence-electron chi connectivity index (χ1n) is 8.35. The largest absolute Gasteiger partial charge is 0.365 e. The summed E-state index contributed by atoms with van der Waals surface area (Å²) in [6.45, 7) is 3.21. The van der Waals surface area contributed by atoms with E-state index in [9.17, 15) is 14.5 Å². The molecule has 0 amide bonds. The van der Waals surface area contributed by atoms with E-state index < -0.39 is 10.7 Å². The van der Waals surface area contributed by atoms with E-state index in [1.807, 2.05) is 36.1 Å². The second kappa shape index (κ2) is 7.79. The Hall–Kier alpha value is -3.20. The van der Waals surface area contributed by atoms with Gasteiger partial charge in [-0.05, 0) is 56.0 Å². The number of aromatic nitrogens is 1. The number of pyridine rings is 1. The van der Waals surface area contributed by atoms with E-state index >= 15 is 0 Å². The average molecular weight is 351 g/mol. The molecule has 1 aliphatic heterocycles. The minimum absolute atomic E-state index is 0.192. The van der Waals surface area contributed by atoms with Crippen molar-refractivity contribution in [3.8, 4) is 11.8 Å². The highest BCUT2D eigenvalue weighted by Crippen LogP contribution is 2.31. The number of halogens is 1. The van der Waals surface area contributed by atoms with Crippen LogP contribution in [0.15, 0.2) is 48.0 Å². The molecule has 1 aliphatic rings. The van der Waals surface area contributed by atoms with Crippen LogP contribution in [0, 0.1) is 34.7 Å². The van der Waals surface area contributed by atoms with Crippen molar-refractivity contribution >= 4 is 11.4 Å². The fourth-order valence-electron chi connectivity index (χ4n) is 2.91. The summed E-state index contributed by atoms with van der Waals surface area (Å²) in [6.07, 6.45) is 3.44. The molecular formula is C20H18FN3O2. The second-order valence-electron chi connectivity index (χ2n) is 6.11. The number of nitro benzene ring substituents is 1.